The van der Waals surface area contributed by atoms with Gasteiger partial charge in [0.1, 0.15) is 0 Å². The van der Waals surface area contributed by atoms with Gasteiger partial charge in [0.2, 0.25) is 0 Å². The number of hydrogen-bond donors (Lipinski definition) is 1. The van der Waals surface area contributed by atoms with Crippen LogP contribution in [0.1, 0.15) is 52.9 Å². The highest BCUT2D eigenvalue weighted by atomic mass is 16.6. The van der Waals surface area contributed by atoms with Gasteiger partial charge in [0.25, 0.3) is 0 Å². The van der Waals surface area contributed by atoms with Crippen molar-refractivity contribution in [2.24, 2.45) is 22.4 Å². The Balaban J connectivity index is 1.61. The normalized spacial score (nSPS) is 46.1. The summed E-state index contributed by atoms with van der Waals surface area (Å²) in [6.07, 6.45) is 6.32. The van der Waals surface area contributed by atoms with Gasteiger partial charge in [-0.15, -0.1) is 0 Å². The van der Waals surface area contributed by atoms with Gasteiger partial charge in [-0.05, 0) is 56.3 Å². The largest absolute Gasteiger partial charge is 0.411 e. The zero-order valence-corrected chi connectivity index (χ0v) is 11.1. The second-order valence-corrected chi connectivity index (χ2v) is 6.79. The number of oxime groups is 1. The van der Waals surface area contributed by atoms with Gasteiger partial charge in [0, 0.05) is 0 Å². The summed E-state index contributed by atoms with van der Waals surface area (Å²) in [5.41, 5.74) is 1.53. The van der Waals surface area contributed by atoms with Crippen LogP contribution in [0, 0.1) is 17.3 Å². The highest BCUT2D eigenvalue weighted by Gasteiger charge is 2.74. The lowest BCUT2D eigenvalue weighted by atomic mass is 9.45. The van der Waals surface area contributed by atoms with Gasteiger partial charge in [-0.3, -0.25) is 0 Å². The van der Waals surface area contributed by atoms with Crippen molar-refractivity contribution in [3.8, 4) is 0 Å². The molecule has 1 heterocycles. The summed E-state index contributed by atoms with van der Waals surface area (Å²) >= 11 is 0. The molecule has 4 fully saturated rings. The molecular formula is C14H23NO2. The topological polar surface area (TPSA) is 45.1 Å². The number of rotatable bonds is 4. The first kappa shape index (κ1) is 11.5. The van der Waals surface area contributed by atoms with Crippen molar-refractivity contribution in [3.63, 3.8) is 0 Å². The molecule has 0 radical (unpaired) electrons. The molecule has 3 nitrogen and oxygen atoms in total. The van der Waals surface area contributed by atoms with Gasteiger partial charge in [-0.2, -0.15) is 0 Å². The maximum atomic E-state index is 8.65. The van der Waals surface area contributed by atoms with Crippen LogP contribution >= 0.6 is 0 Å². The molecule has 1 N–H and O–H groups in total. The van der Waals surface area contributed by atoms with Gasteiger partial charge >= 0.3 is 0 Å². The molecule has 0 amide bonds. The Morgan fingerprint density at radius 3 is 2.82 bits per heavy atom. The maximum Gasteiger partial charge on any atom is 0.0981 e. The predicted octanol–water partition coefficient (Wildman–Crippen LogP) is 3.21. The van der Waals surface area contributed by atoms with Gasteiger partial charge in [-0.25, -0.2) is 0 Å². The molecule has 4 atom stereocenters. The van der Waals surface area contributed by atoms with Crippen molar-refractivity contribution in [2.45, 2.75) is 64.6 Å². The lowest BCUT2D eigenvalue weighted by Crippen LogP contribution is -2.57. The van der Waals surface area contributed by atoms with Crippen molar-refractivity contribution >= 4 is 5.71 Å². The average Bonchev–Trinajstić information content (AvgIpc) is 3.02. The van der Waals surface area contributed by atoms with Crippen molar-refractivity contribution in [2.75, 3.05) is 0 Å². The van der Waals surface area contributed by atoms with E-state index in [2.05, 4.69) is 19.0 Å². The van der Waals surface area contributed by atoms with Gasteiger partial charge in [0.15, 0.2) is 0 Å². The highest BCUT2D eigenvalue weighted by Crippen LogP contribution is 2.71. The highest BCUT2D eigenvalue weighted by molar-refractivity contribution is 5.81. The van der Waals surface area contributed by atoms with Crippen LogP contribution in [-0.2, 0) is 4.74 Å². The van der Waals surface area contributed by atoms with Crippen molar-refractivity contribution in [3.05, 3.63) is 0 Å². The van der Waals surface area contributed by atoms with Crippen LogP contribution in [0.4, 0.5) is 0 Å². The number of ether oxygens (including phenoxy) is 1. The standard InChI is InChI=1S/C14H23NO2/c1-9(15-16)5-4-6-14-11-7-10(13(11,2)3)8-12(14)17-14/h10-12,16H,4-8H2,1-3H3/b15-9-/t10-,11-,12+,14-/m0/s1. The molecule has 3 heteroatoms. The fraction of sp³-hybridized carbons (Fsp3) is 0.929. The van der Waals surface area contributed by atoms with E-state index < -0.39 is 0 Å². The predicted molar refractivity (Wildman–Crippen MR) is 66.3 cm³/mol. The smallest absolute Gasteiger partial charge is 0.0981 e. The first-order valence-electron chi connectivity index (χ1n) is 6.86. The van der Waals surface area contributed by atoms with Crippen LogP contribution in [-0.4, -0.2) is 22.6 Å². The molecule has 1 aliphatic heterocycles. The molecule has 2 bridgehead atoms. The second-order valence-electron chi connectivity index (χ2n) is 6.79. The zero-order chi connectivity index (χ0) is 12.3. The third kappa shape index (κ3) is 1.48. The third-order valence-corrected chi connectivity index (χ3v) is 5.69. The van der Waals surface area contributed by atoms with Crippen molar-refractivity contribution in [1.82, 2.24) is 0 Å². The number of nitrogens with zero attached hydrogens (tertiary/aromatic N) is 1. The minimum absolute atomic E-state index is 0.202. The molecule has 96 valence electrons. The Kier molecular flexibility index (Phi) is 2.35. The molecule has 4 aliphatic rings. The van der Waals surface area contributed by atoms with Crippen LogP contribution in [0.5, 0.6) is 0 Å². The quantitative estimate of drug-likeness (QED) is 0.353. The van der Waals surface area contributed by atoms with E-state index in [-0.39, 0.29) is 5.60 Å². The summed E-state index contributed by atoms with van der Waals surface area (Å²) in [5.74, 6) is 1.67. The van der Waals surface area contributed by atoms with Crippen molar-refractivity contribution < 1.29 is 9.94 Å². The Labute approximate surface area is 103 Å². The Morgan fingerprint density at radius 1 is 1.41 bits per heavy atom. The summed E-state index contributed by atoms with van der Waals surface area (Å²) in [7, 11) is 0. The Bertz CT molecular complexity index is 363. The number of hydrogen-bond acceptors (Lipinski definition) is 3. The van der Waals surface area contributed by atoms with E-state index in [1.165, 1.54) is 12.8 Å². The minimum Gasteiger partial charge on any atom is -0.411 e. The van der Waals surface area contributed by atoms with Gasteiger partial charge in [-0.1, -0.05) is 19.0 Å². The molecule has 1 saturated heterocycles. The van der Waals surface area contributed by atoms with E-state index in [9.17, 15) is 0 Å². The van der Waals surface area contributed by atoms with Crippen LogP contribution in [0.25, 0.3) is 0 Å². The summed E-state index contributed by atoms with van der Waals surface area (Å²) in [6.45, 7) is 6.70. The second kappa shape index (κ2) is 3.47. The molecule has 0 aromatic heterocycles. The molecule has 3 aliphatic carbocycles. The summed E-state index contributed by atoms with van der Waals surface area (Å²) in [6, 6.07) is 0. The van der Waals surface area contributed by atoms with E-state index >= 15 is 0 Å². The van der Waals surface area contributed by atoms with E-state index in [0.717, 1.165) is 36.8 Å². The lowest BCUT2D eigenvalue weighted by molar-refractivity contribution is -0.0868. The van der Waals surface area contributed by atoms with Gasteiger partial charge < -0.3 is 9.94 Å². The van der Waals surface area contributed by atoms with E-state index in [1.54, 1.807) is 0 Å². The SMILES string of the molecule is C/C(CCC[C@@]12O[C@@H]1C[C@@H]1C[C@H]2C1(C)C)=N/O. The average molecular weight is 237 g/mol. The van der Waals surface area contributed by atoms with E-state index in [4.69, 9.17) is 9.94 Å². The van der Waals surface area contributed by atoms with Crippen LogP contribution in [0.2, 0.25) is 0 Å². The fourth-order valence-electron chi connectivity index (χ4n) is 4.35. The maximum absolute atomic E-state index is 8.65. The Morgan fingerprint density at radius 2 is 2.18 bits per heavy atom. The molecule has 0 unspecified atom stereocenters. The Hall–Kier alpha value is -0.570. The van der Waals surface area contributed by atoms with Crippen LogP contribution in [0.15, 0.2) is 5.16 Å². The van der Waals surface area contributed by atoms with Crippen LogP contribution in [0.3, 0.4) is 0 Å². The third-order valence-electron chi connectivity index (χ3n) is 5.69. The van der Waals surface area contributed by atoms with E-state index in [0.29, 0.717) is 11.5 Å². The first-order valence-corrected chi connectivity index (χ1v) is 6.86. The molecule has 0 spiro atoms. The van der Waals surface area contributed by atoms with E-state index in [1.807, 2.05) is 6.92 Å². The summed E-state index contributed by atoms with van der Waals surface area (Å²) in [5, 5.41) is 11.9. The molecule has 0 aromatic rings. The molecule has 0 aromatic carbocycles. The molecule has 4 rings (SSSR count). The zero-order valence-electron chi connectivity index (χ0n) is 11.1. The van der Waals surface area contributed by atoms with Crippen molar-refractivity contribution in [1.29, 1.82) is 0 Å². The summed E-state index contributed by atoms with van der Waals surface area (Å²) < 4.78 is 6.07. The monoisotopic (exact) mass is 237 g/mol. The molecular weight excluding hydrogens is 214 g/mol. The van der Waals surface area contributed by atoms with Gasteiger partial charge in [0.05, 0.1) is 17.4 Å². The molecule has 3 saturated carbocycles. The first-order chi connectivity index (χ1) is 8.00. The number of epoxide rings is 1. The van der Waals surface area contributed by atoms with Crippen LogP contribution < -0.4 is 0 Å². The minimum atomic E-state index is 0.202. The fourth-order valence-corrected chi connectivity index (χ4v) is 4.35. The lowest BCUT2D eigenvalue weighted by Gasteiger charge is -2.58. The summed E-state index contributed by atoms with van der Waals surface area (Å²) in [4.78, 5) is 0. The molecule has 17 heavy (non-hydrogen) atoms.